The van der Waals surface area contributed by atoms with Crippen molar-refractivity contribution in [2.45, 2.75) is 46.6 Å². The molecule has 2 aromatic rings. The van der Waals surface area contributed by atoms with Gasteiger partial charge in [-0.05, 0) is 25.7 Å². The van der Waals surface area contributed by atoms with Gasteiger partial charge in [0.15, 0.2) is 11.5 Å². The quantitative estimate of drug-likeness (QED) is 0.848. The molecule has 0 bridgehead atoms. The SMILES string of the molecule is CCCNc1cn2ccnc2c(N(C)C(C)CC(C)C)n1. The van der Waals surface area contributed by atoms with Gasteiger partial charge in [-0.25, -0.2) is 9.97 Å². The first kappa shape index (κ1) is 15.6. The Morgan fingerprint density at radius 1 is 1.33 bits per heavy atom. The molecular weight excluding hydrogens is 262 g/mol. The fraction of sp³-hybridized carbons (Fsp3) is 0.625. The van der Waals surface area contributed by atoms with E-state index in [0.717, 1.165) is 36.7 Å². The summed E-state index contributed by atoms with van der Waals surface area (Å²) >= 11 is 0. The molecule has 0 fully saturated rings. The Bertz CT molecular complexity index is 575. The van der Waals surface area contributed by atoms with Crippen LogP contribution in [-0.2, 0) is 0 Å². The number of rotatable bonds is 7. The van der Waals surface area contributed by atoms with Crippen molar-refractivity contribution in [1.82, 2.24) is 14.4 Å². The lowest BCUT2D eigenvalue weighted by atomic mass is 10.0. The van der Waals surface area contributed by atoms with Crippen LogP contribution in [0.1, 0.15) is 40.5 Å². The van der Waals surface area contributed by atoms with Gasteiger partial charge in [-0.1, -0.05) is 20.8 Å². The number of imidazole rings is 1. The van der Waals surface area contributed by atoms with E-state index in [9.17, 15) is 0 Å². The summed E-state index contributed by atoms with van der Waals surface area (Å²) in [7, 11) is 2.10. The molecule has 1 unspecified atom stereocenters. The first-order chi connectivity index (χ1) is 10.0. The van der Waals surface area contributed by atoms with Crippen molar-refractivity contribution in [2.75, 3.05) is 23.8 Å². The van der Waals surface area contributed by atoms with E-state index in [0.29, 0.717) is 12.0 Å². The third kappa shape index (κ3) is 3.65. The molecule has 0 aliphatic carbocycles. The van der Waals surface area contributed by atoms with Gasteiger partial charge in [0.05, 0.1) is 6.20 Å². The van der Waals surface area contributed by atoms with Gasteiger partial charge < -0.3 is 14.6 Å². The molecule has 2 rings (SSSR count). The van der Waals surface area contributed by atoms with Gasteiger partial charge in [-0.3, -0.25) is 0 Å². The normalized spacial score (nSPS) is 12.9. The van der Waals surface area contributed by atoms with Crippen LogP contribution in [0.15, 0.2) is 18.6 Å². The standard InChI is InChI=1S/C16H27N5/c1-6-7-17-14-11-21-9-8-18-15(21)16(19-14)20(5)13(4)10-12(2)3/h8-9,11-13,17H,6-7,10H2,1-5H3. The largest absolute Gasteiger partial charge is 0.369 e. The van der Waals surface area contributed by atoms with E-state index in [4.69, 9.17) is 4.98 Å². The second-order valence-corrected chi connectivity index (χ2v) is 6.12. The van der Waals surface area contributed by atoms with Crippen molar-refractivity contribution < 1.29 is 0 Å². The summed E-state index contributed by atoms with van der Waals surface area (Å²) in [6.45, 7) is 9.83. The maximum atomic E-state index is 4.77. The van der Waals surface area contributed by atoms with Gasteiger partial charge in [-0.2, -0.15) is 0 Å². The molecule has 0 aliphatic heterocycles. The highest BCUT2D eigenvalue weighted by atomic mass is 15.2. The molecule has 2 aromatic heterocycles. The van der Waals surface area contributed by atoms with Crippen molar-refractivity contribution in [3.8, 4) is 0 Å². The lowest BCUT2D eigenvalue weighted by molar-refractivity contribution is 0.502. The average Bonchev–Trinajstić information content (AvgIpc) is 2.90. The fourth-order valence-corrected chi connectivity index (χ4v) is 2.54. The molecule has 1 atom stereocenters. The molecule has 0 saturated carbocycles. The number of nitrogens with zero attached hydrogens (tertiary/aromatic N) is 4. The summed E-state index contributed by atoms with van der Waals surface area (Å²) < 4.78 is 2.04. The maximum absolute atomic E-state index is 4.77. The van der Waals surface area contributed by atoms with Gasteiger partial charge in [-0.15, -0.1) is 0 Å². The minimum absolute atomic E-state index is 0.430. The van der Waals surface area contributed by atoms with Crippen LogP contribution >= 0.6 is 0 Å². The topological polar surface area (TPSA) is 45.5 Å². The highest BCUT2D eigenvalue weighted by molar-refractivity contribution is 5.66. The Kier molecular flexibility index (Phi) is 5.04. The van der Waals surface area contributed by atoms with E-state index < -0.39 is 0 Å². The summed E-state index contributed by atoms with van der Waals surface area (Å²) in [5.74, 6) is 2.51. The second kappa shape index (κ2) is 6.78. The van der Waals surface area contributed by atoms with E-state index in [1.165, 1.54) is 0 Å². The molecule has 0 spiro atoms. The van der Waals surface area contributed by atoms with Crippen molar-refractivity contribution in [1.29, 1.82) is 0 Å². The van der Waals surface area contributed by atoms with Crippen LogP contribution in [0.3, 0.4) is 0 Å². The van der Waals surface area contributed by atoms with Gasteiger partial charge in [0, 0.05) is 32.0 Å². The maximum Gasteiger partial charge on any atom is 0.180 e. The van der Waals surface area contributed by atoms with Gasteiger partial charge in [0.25, 0.3) is 0 Å². The van der Waals surface area contributed by atoms with E-state index in [2.05, 4.69) is 49.9 Å². The van der Waals surface area contributed by atoms with Crippen molar-refractivity contribution in [3.63, 3.8) is 0 Å². The summed E-state index contributed by atoms with van der Waals surface area (Å²) in [4.78, 5) is 11.5. The lowest BCUT2D eigenvalue weighted by Crippen LogP contribution is -2.31. The Morgan fingerprint density at radius 2 is 2.10 bits per heavy atom. The Hall–Kier alpha value is -1.78. The minimum atomic E-state index is 0.430. The third-order valence-electron chi connectivity index (χ3n) is 3.72. The molecule has 0 aliphatic rings. The van der Waals surface area contributed by atoms with Gasteiger partial charge in [0.2, 0.25) is 0 Å². The lowest BCUT2D eigenvalue weighted by Gasteiger charge is -2.28. The molecule has 0 radical (unpaired) electrons. The van der Waals surface area contributed by atoms with Crippen LogP contribution in [0, 0.1) is 5.92 Å². The monoisotopic (exact) mass is 289 g/mol. The molecule has 5 heteroatoms. The number of fused-ring (bicyclic) bond motifs is 1. The second-order valence-electron chi connectivity index (χ2n) is 6.12. The number of hydrogen-bond acceptors (Lipinski definition) is 4. The molecule has 0 aromatic carbocycles. The van der Waals surface area contributed by atoms with Crippen molar-refractivity contribution in [2.24, 2.45) is 5.92 Å². The Labute approximate surface area is 127 Å². The molecule has 2 heterocycles. The Balaban J connectivity index is 2.33. The van der Waals surface area contributed by atoms with Crippen LogP contribution in [0.2, 0.25) is 0 Å². The number of hydrogen-bond donors (Lipinski definition) is 1. The molecule has 1 N–H and O–H groups in total. The molecule has 116 valence electrons. The van der Waals surface area contributed by atoms with E-state index in [-0.39, 0.29) is 0 Å². The summed E-state index contributed by atoms with van der Waals surface area (Å²) in [6.07, 6.45) is 8.02. The zero-order valence-electron chi connectivity index (χ0n) is 13.8. The molecule has 0 amide bonds. The van der Waals surface area contributed by atoms with Crippen LogP contribution in [0.25, 0.3) is 5.65 Å². The summed E-state index contributed by atoms with van der Waals surface area (Å²) in [5.41, 5.74) is 0.912. The van der Waals surface area contributed by atoms with Crippen LogP contribution in [-0.4, -0.2) is 34.0 Å². The van der Waals surface area contributed by atoms with Gasteiger partial charge >= 0.3 is 0 Å². The summed E-state index contributed by atoms with van der Waals surface area (Å²) in [6, 6.07) is 0.430. The average molecular weight is 289 g/mol. The highest BCUT2D eigenvalue weighted by Gasteiger charge is 2.17. The van der Waals surface area contributed by atoms with E-state index in [1.54, 1.807) is 0 Å². The fourth-order valence-electron chi connectivity index (χ4n) is 2.54. The Morgan fingerprint density at radius 3 is 2.76 bits per heavy atom. The first-order valence-electron chi connectivity index (χ1n) is 7.83. The predicted octanol–water partition coefficient (Wildman–Crippen LogP) is 3.42. The molecular formula is C16H27N5. The summed E-state index contributed by atoms with van der Waals surface area (Å²) in [5, 5.41) is 3.36. The zero-order chi connectivity index (χ0) is 15.4. The highest BCUT2D eigenvalue weighted by Crippen LogP contribution is 2.23. The first-order valence-corrected chi connectivity index (χ1v) is 7.83. The van der Waals surface area contributed by atoms with Crippen LogP contribution < -0.4 is 10.2 Å². The third-order valence-corrected chi connectivity index (χ3v) is 3.72. The molecule has 5 nitrogen and oxygen atoms in total. The van der Waals surface area contributed by atoms with E-state index in [1.807, 2.05) is 23.0 Å². The van der Waals surface area contributed by atoms with Crippen LogP contribution in [0.4, 0.5) is 11.6 Å². The number of nitrogens with one attached hydrogen (secondary N) is 1. The smallest absolute Gasteiger partial charge is 0.180 e. The molecule has 0 saturated heterocycles. The minimum Gasteiger partial charge on any atom is -0.369 e. The van der Waals surface area contributed by atoms with E-state index >= 15 is 0 Å². The van der Waals surface area contributed by atoms with Crippen molar-refractivity contribution >= 4 is 17.3 Å². The predicted molar refractivity (Wildman–Crippen MR) is 89.1 cm³/mol. The zero-order valence-corrected chi connectivity index (χ0v) is 13.8. The molecule has 21 heavy (non-hydrogen) atoms. The van der Waals surface area contributed by atoms with Crippen molar-refractivity contribution in [3.05, 3.63) is 18.6 Å². The number of anilines is 2. The number of aromatic nitrogens is 3. The van der Waals surface area contributed by atoms with Gasteiger partial charge in [0.1, 0.15) is 5.82 Å². The van der Waals surface area contributed by atoms with Crippen LogP contribution in [0.5, 0.6) is 0 Å².